The van der Waals surface area contributed by atoms with Gasteiger partial charge in [-0.1, -0.05) is 11.6 Å². The molecule has 0 bridgehead atoms. The fourth-order valence-corrected chi connectivity index (χ4v) is 3.75. The Bertz CT molecular complexity index is 738. The van der Waals surface area contributed by atoms with Crippen LogP contribution in [-0.4, -0.2) is 48.2 Å². The number of piperidine rings is 1. The Labute approximate surface area is 151 Å². The quantitative estimate of drug-likeness (QED) is 0.880. The third-order valence-electron chi connectivity index (χ3n) is 5.19. The van der Waals surface area contributed by atoms with Crippen LogP contribution in [0, 0.1) is 12.8 Å². The number of nitrogens with one attached hydrogen (secondary N) is 2. The van der Waals surface area contributed by atoms with Gasteiger partial charge in [-0.2, -0.15) is 0 Å². The molecule has 1 amide bonds. The zero-order valence-electron chi connectivity index (χ0n) is 14.3. The van der Waals surface area contributed by atoms with E-state index in [1.54, 1.807) is 0 Å². The van der Waals surface area contributed by atoms with Crippen molar-refractivity contribution in [2.45, 2.75) is 32.2 Å². The van der Waals surface area contributed by atoms with Crippen LogP contribution < -0.4 is 10.2 Å². The highest BCUT2D eigenvalue weighted by Crippen LogP contribution is 2.27. The Morgan fingerprint density at radius 2 is 2.16 bits per heavy atom. The number of aromatic amines is 1. The maximum Gasteiger partial charge on any atom is 0.223 e. The lowest BCUT2D eigenvalue weighted by atomic mass is 9.95. The van der Waals surface area contributed by atoms with Crippen molar-refractivity contribution < 1.29 is 9.53 Å². The van der Waals surface area contributed by atoms with Gasteiger partial charge >= 0.3 is 0 Å². The second-order valence-electron chi connectivity index (χ2n) is 7.01. The number of ether oxygens (including phenoxy) is 1. The van der Waals surface area contributed by atoms with Crippen molar-refractivity contribution in [2.75, 3.05) is 31.2 Å². The number of aryl methyl sites for hydroxylation is 1. The summed E-state index contributed by atoms with van der Waals surface area (Å²) in [5, 5.41) is 3.85. The number of nitrogens with zero attached hydrogens (tertiary/aromatic N) is 2. The summed E-state index contributed by atoms with van der Waals surface area (Å²) in [7, 11) is 0. The van der Waals surface area contributed by atoms with E-state index in [-0.39, 0.29) is 17.9 Å². The molecule has 0 aliphatic carbocycles. The summed E-state index contributed by atoms with van der Waals surface area (Å²) < 4.78 is 5.32. The monoisotopic (exact) mass is 362 g/mol. The molecule has 2 fully saturated rings. The highest BCUT2D eigenvalue weighted by Gasteiger charge is 2.28. The topological polar surface area (TPSA) is 70.2 Å². The number of fused-ring (bicyclic) bond motifs is 1. The number of halogens is 1. The minimum absolute atomic E-state index is 0.0814. The molecule has 2 saturated heterocycles. The molecule has 4 rings (SSSR count). The minimum Gasteiger partial charge on any atom is -0.379 e. The number of H-pyrrole nitrogens is 1. The average Bonchev–Trinajstić information content (AvgIpc) is 3.25. The molecule has 2 aromatic rings. The molecule has 1 atom stereocenters. The summed E-state index contributed by atoms with van der Waals surface area (Å²) in [4.78, 5) is 22.6. The van der Waals surface area contributed by atoms with E-state index in [9.17, 15) is 4.79 Å². The third-order valence-corrected chi connectivity index (χ3v) is 5.60. The van der Waals surface area contributed by atoms with Crippen LogP contribution >= 0.6 is 11.6 Å². The third kappa shape index (κ3) is 3.46. The molecule has 6 nitrogen and oxygen atoms in total. The van der Waals surface area contributed by atoms with Crippen molar-refractivity contribution >= 4 is 34.5 Å². The van der Waals surface area contributed by atoms with E-state index in [2.05, 4.69) is 20.2 Å². The Hall–Kier alpha value is -1.79. The van der Waals surface area contributed by atoms with Crippen molar-refractivity contribution in [3.05, 3.63) is 22.7 Å². The van der Waals surface area contributed by atoms with E-state index >= 15 is 0 Å². The number of rotatable bonds is 3. The number of hydrogen-bond acceptors (Lipinski definition) is 4. The number of carbonyl (C=O) groups excluding carboxylic acids is 1. The summed E-state index contributed by atoms with van der Waals surface area (Å²) in [6.07, 6.45) is 2.61. The van der Waals surface area contributed by atoms with Gasteiger partial charge in [0.2, 0.25) is 11.9 Å². The van der Waals surface area contributed by atoms with Crippen LogP contribution in [0.3, 0.4) is 0 Å². The van der Waals surface area contributed by atoms with Gasteiger partial charge in [0, 0.05) is 30.6 Å². The summed E-state index contributed by atoms with van der Waals surface area (Å²) in [5.41, 5.74) is 2.92. The molecule has 2 N–H and O–H groups in total. The first-order chi connectivity index (χ1) is 12.1. The lowest BCUT2D eigenvalue weighted by molar-refractivity contribution is -0.126. The van der Waals surface area contributed by atoms with Crippen molar-refractivity contribution in [1.82, 2.24) is 15.3 Å². The molecule has 1 aromatic heterocycles. The predicted molar refractivity (Wildman–Crippen MR) is 98.1 cm³/mol. The maximum absolute atomic E-state index is 12.4. The largest absolute Gasteiger partial charge is 0.379 e. The van der Waals surface area contributed by atoms with E-state index in [1.807, 2.05) is 19.1 Å². The van der Waals surface area contributed by atoms with Crippen molar-refractivity contribution in [3.8, 4) is 0 Å². The number of anilines is 1. The van der Waals surface area contributed by atoms with Gasteiger partial charge in [-0.25, -0.2) is 4.98 Å². The van der Waals surface area contributed by atoms with Crippen LogP contribution in [0.15, 0.2) is 12.1 Å². The molecule has 2 aliphatic rings. The van der Waals surface area contributed by atoms with Gasteiger partial charge in [-0.15, -0.1) is 0 Å². The first-order valence-corrected chi connectivity index (χ1v) is 9.27. The average molecular weight is 363 g/mol. The first-order valence-electron chi connectivity index (χ1n) is 8.89. The fraction of sp³-hybridized carbons (Fsp3) is 0.556. The van der Waals surface area contributed by atoms with Crippen LogP contribution in [0.4, 0.5) is 5.95 Å². The summed E-state index contributed by atoms with van der Waals surface area (Å²) in [6.45, 7) is 5.03. The number of aromatic nitrogens is 2. The zero-order valence-corrected chi connectivity index (χ0v) is 15.1. The molecule has 0 spiro atoms. The van der Waals surface area contributed by atoms with Gasteiger partial charge in [0.05, 0.1) is 23.7 Å². The van der Waals surface area contributed by atoms with Crippen LogP contribution in [0.25, 0.3) is 11.0 Å². The lowest BCUT2D eigenvalue weighted by Gasteiger charge is -2.31. The molecular weight excluding hydrogens is 340 g/mol. The number of hydrogen-bond donors (Lipinski definition) is 2. The van der Waals surface area contributed by atoms with E-state index < -0.39 is 0 Å². The van der Waals surface area contributed by atoms with E-state index in [4.69, 9.17) is 16.3 Å². The highest BCUT2D eigenvalue weighted by molar-refractivity contribution is 6.32. The number of benzene rings is 1. The molecule has 0 radical (unpaired) electrons. The van der Waals surface area contributed by atoms with Crippen molar-refractivity contribution in [1.29, 1.82) is 0 Å². The fourth-order valence-electron chi connectivity index (χ4n) is 3.60. The summed E-state index contributed by atoms with van der Waals surface area (Å²) >= 11 is 6.19. The second-order valence-corrected chi connectivity index (χ2v) is 7.42. The molecule has 25 heavy (non-hydrogen) atoms. The molecule has 2 aliphatic heterocycles. The Kier molecular flexibility index (Phi) is 4.56. The van der Waals surface area contributed by atoms with Crippen molar-refractivity contribution in [3.63, 3.8) is 0 Å². The number of amides is 1. The number of imidazole rings is 1. The second kappa shape index (κ2) is 6.84. The lowest BCUT2D eigenvalue weighted by Crippen LogP contribution is -2.44. The van der Waals surface area contributed by atoms with Crippen LogP contribution in [-0.2, 0) is 9.53 Å². The van der Waals surface area contributed by atoms with Gasteiger partial charge in [0.1, 0.15) is 0 Å². The molecule has 7 heteroatoms. The zero-order chi connectivity index (χ0) is 17.4. The standard InChI is InChI=1S/C18H23ClN4O2/c1-11-8-15-16(9-14(11)19)22-18(21-15)23-5-2-12(3-6-23)17(24)20-13-4-7-25-10-13/h8-9,12-13H,2-7,10H2,1H3,(H,20,24)(H,21,22). The predicted octanol–water partition coefficient (Wildman–Crippen LogP) is 2.65. The van der Waals surface area contributed by atoms with E-state index in [1.165, 1.54) is 0 Å². The minimum atomic E-state index is 0.0814. The first kappa shape index (κ1) is 16.7. The normalized spacial score (nSPS) is 21.8. The van der Waals surface area contributed by atoms with Crippen LogP contribution in [0.1, 0.15) is 24.8 Å². The van der Waals surface area contributed by atoms with Crippen molar-refractivity contribution in [2.24, 2.45) is 5.92 Å². The van der Waals surface area contributed by atoms with Gasteiger partial charge < -0.3 is 19.9 Å². The smallest absolute Gasteiger partial charge is 0.223 e. The Morgan fingerprint density at radius 1 is 1.36 bits per heavy atom. The van der Waals surface area contributed by atoms with E-state index in [0.717, 1.165) is 66.5 Å². The van der Waals surface area contributed by atoms with Crippen LogP contribution in [0.2, 0.25) is 5.02 Å². The molecule has 1 aromatic carbocycles. The van der Waals surface area contributed by atoms with E-state index in [0.29, 0.717) is 6.61 Å². The van der Waals surface area contributed by atoms with Gasteiger partial charge in [-0.05, 0) is 43.9 Å². The SMILES string of the molecule is Cc1cc2[nH]c(N3CCC(C(=O)NC4CCOC4)CC3)nc2cc1Cl. The summed E-state index contributed by atoms with van der Waals surface area (Å²) in [5.74, 6) is 1.11. The summed E-state index contributed by atoms with van der Waals surface area (Å²) in [6, 6.07) is 4.11. The van der Waals surface area contributed by atoms with Gasteiger partial charge in [0.25, 0.3) is 0 Å². The highest BCUT2D eigenvalue weighted by atomic mass is 35.5. The van der Waals surface area contributed by atoms with Gasteiger partial charge in [0.15, 0.2) is 0 Å². The Balaban J connectivity index is 1.39. The van der Waals surface area contributed by atoms with Crippen LogP contribution in [0.5, 0.6) is 0 Å². The molecule has 3 heterocycles. The number of carbonyl (C=O) groups is 1. The molecule has 0 saturated carbocycles. The maximum atomic E-state index is 12.4. The molecular formula is C18H23ClN4O2. The Morgan fingerprint density at radius 3 is 2.88 bits per heavy atom. The van der Waals surface area contributed by atoms with Gasteiger partial charge in [-0.3, -0.25) is 4.79 Å². The molecule has 1 unspecified atom stereocenters. The molecule has 134 valence electrons.